The summed E-state index contributed by atoms with van der Waals surface area (Å²) in [5, 5.41) is 0. The third-order valence-corrected chi connectivity index (χ3v) is 3.87. The molecule has 0 spiro atoms. The first-order valence-electron chi connectivity index (χ1n) is 6.32. The second kappa shape index (κ2) is 6.52. The number of rotatable bonds is 6. The van der Waals surface area contributed by atoms with Crippen molar-refractivity contribution in [2.45, 2.75) is 18.2 Å². The third kappa shape index (κ3) is 3.67. The molecule has 0 unspecified atom stereocenters. The van der Waals surface area contributed by atoms with Crippen LogP contribution in [0.4, 0.5) is 5.69 Å². The Labute approximate surface area is 118 Å². The highest BCUT2D eigenvalue weighted by molar-refractivity contribution is 7.99. The first-order valence-corrected chi connectivity index (χ1v) is 7.30. The van der Waals surface area contributed by atoms with Gasteiger partial charge in [0, 0.05) is 42.2 Å². The smallest absolute Gasteiger partial charge is 0.120 e. The van der Waals surface area contributed by atoms with Crippen molar-refractivity contribution in [1.29, 1.82) is 0 Å². The summed E-state index contributed by atoms with van der Waals surface area (Å²) < 4.78 is 7.53. The Balaban J connectivity index is 1.95. The van der Waals surface area contributed by atoms with E-state index in [4.69, 9.17) is 10.5 Å². The standard InChI is InChI=1S/C14H19N3OS/c1-3-18-11-4-5-12(15)13(10-11)19-9-6-14-16-7-8-17(14)2/h4-5,7-8,10H,3,6,9,15H2,1-2H3. The summed E-state index contributed by atoms with van der Waals surface area (Å²) >= 11 is 1.74. The number of anilines is 1. The van der Waals surface area contributed by atoms with Crippen molar-refractivity contribution >= 4 is 17.4 Å². The zero-order valence-electron chi connectivity index (χ0n) is 11.3. The quantitative estimate of drug-likeness (QED) is 0.651. The van der Waals surface area contributed by atoms with Crippen LogP contribution in [-0.2, 0) is 13.5 Å². The molecule has 0 saturated carbocycles. The first kappa shape index (κ1) is 13.8. The molecule has 2 N–H and O–H groups in total. The van der Waals surface area contributed by atoms with E-state index in [0.717, 1.165) is 34.3 Å². The molecule has 19 heavy (non-hydrogen) atoms. The van der Waals surface area contributed by atoms with E-state index in [1.54, 1.807) is 11.8 Å². The molecule has 2 aromatic rings. The van der Waals surface area contributed by atoms with Gasteiger partial charge in [-0.15, -0.1) is 11.8 Å². The summed E-state index contributed by atoms with van der Waals surface area (Å²) in [5.74, 6) is 2.91. The predicted octanol–water partition coefficient (Wildman–Crippen LogP) is 2.74. The van der Waals surface area contributed by atoms with Crippen molar-refractivity contribution in [1.82, 2.24) is 9.55 Å². The van der Waals surface area contributed by atoms with Crippen molar-refractivity contribution in [3.8, 4) is 5.75 Å². The molecule has 0 atom stereocenters. The summed E-state index contributed by atoms with van der Waals surface area (Å²) in [6, 6.07) is 5.80. The molecular formula is C14H19N3OS. The minimum Gasteiger partial charge on any atom is -0.494 e. The van der Waals surface area contributed by atoms with Crippen molar-refractivity contribution in [2.24, 2.45) is 7.05 Å². The van der Waals surface area contributed by atoms with Gasteiger partial charge in [-0.2, -0.15) is 0 Å². The number of hydrogen-bond donors (Lipinski definition) is 1. The van der Waals surface area contributed by atoms with E-state index in [0.29, 0.717) is 6.61 Å². The average Bonchev–Trinajstić information content (AvgIpc) is 2.79. The zero-order valence-corrected chi connectivity index (χ0v) is 12.1. The Kier molecular flexibility index (Phi) is 4.74. The molecular weight excluding hydrogens is 258 g/mol. The molecule has 2 rings (SSSR count). The van der Waals surface area contributed by atoms with Gasteiger partial charge < -0.3 is 15.0 Å². The minimum atomic E-state index is 0.668. The lowest BCUT2D eigenvalue weighted by Crippen LogP contribution is -1.99. The maximum absolute atomic E-state index is 5.98. The highest BCUT2D eigenvalue weighted by atomic mass is 32.2. The molecule has 0 radical (unpaired) electrons. The Morgan fingerprint density at radius 3 is 2.95 bits per heavy atom. The molecule has 0 aliphatic carbocycles. The molecule has 0 amide bonds. The van der Waals surface area contributed by atoms with Crippen molar-refractivity contribution in [3.05, 3.63) is 36.4 Å². The number of nitrogens with two attached hydrogens (primary N) is 1. The monoisotopic (exact) mass is 277 g/mol. The summed E-state index contributed by atoms with van der Waals surface area (Å²) in [6.45, 7) is 2.64. The van der Waals surface area contributed by atoms with Crippen LogP contribution >= 0.6 is 11.8 Å². The number of benzene rings is 1. The van der Waals surface area contributed by atoms with E-state index in [1.165, 1.54) is 0 Å². The van der Waals surface area contributed by atoms with Crippen molar-refractivity contribution < 1.29 is 4.74 Å². The highest BCUT2D eigenvalue weighted by Crippen LogP contribution is 2.29. The molecule has 0 fully saturated rings. The van der Waals surface area contributed by atoms with E-state index >= 15 is 0 Å². The van der Waals surface area contributed by atoms with Gasteiger partial charge in [0.05, 0.1) is 6.61 Å². The minimum absolute atomic E-state index is 0.668. The Hall–Kier alpha value is -1.62. The number of nitrogen functional groups attached to an aromatic ring is 1. The number of imidazole rings is 1. The first-order chi connectivity index (χ1) is 9.20. The molecule has 1 heterocycles. The van der Waals surface area contributed by atoms with Crippen LogP contribution in [-0.4, -0.2) is 21.9 Å². The van der Waals surface area contributed by atoms with Gasteiger partial charge in [-0.3, -0.25) is 0 Å². The van der Waals surface area contributed by atoms with Gasteiger partial charge in [-0.1, -0.05) is 0 Å². The molecule has 0 aliphatic heterocycles. The van der Waals surface area contributed by atoms with Crippen molar-refractivity contribution in [2.75, 3.05) is 18.1 Å². The molecule has 102 valence electrons. The fourth-order valence-corrected chi connectivity index (χ4v) is 2.72. The van der Waals surface area contributed by atoms with Gasteiger partial charge in [0.25, 0.3) is 0 Å². The van der Waals surface area contributed by atoms with Gasteiger partial charge in [0.2, 0.25) is 0 Å². The summed E-state index contributed by atoms with van der Waals surface area (Å²) in [4.78, 5) is 5.38. The largest absolute Gasteiger partial charge is 0.494 e. The summed E-state index contributed by atoms with van der Waals surface area (Å²) in [5.41, 5.74) is 6.78. The van der Waals surface area contributed by atoms with E-state index in [-0.39, 0.29) is 0 Å². The third-order valence-electron chi connectivity index (χ3n) is 2.80. The fraction of sp³-hybridized carbons (Fsp3) is 0.357. The highest BCUT2D eigenvalue weighted by Gasteiger charge is 2.04. The van der Waals surface area contributed by atoms with Crippen LogP contribution in [0.2, 0.25) is 0 Å². The van der Waals surface area contributed by atoms with Gasteiger partial charge >= 0.3 is 0 Å². The molecule has 0 bridgehead atoms. The average molecular weight is 277 g/mol. The summed E-state index contributed by atoms with van der Waals surface area (Å²) in [6.07, 6.45) is 4.71. The lowest BCUT2D eigenvalue weighted by atomic mass is 10.3. The molecule has 0 saturated heterocycles. The van der Waals surface area contributed by atoms with Crippen molar-refractivity contribution in [3.63, 3.8) is 0 Å². The SMILES string of the molecule is CCOc1ccc(N)c(SCCc2nccn2C)c1. The van der Waals surface area contributed by atoms with E-state index in [9.17, 15) is 0 Å². The number of thioether (sulfide) groups is 1. The van der Waals surface area contributed by atoms with E-state index < -0.39 is 0 Å². The van der Waals surface area contributed by atoms with Crippen LogP contribution < -0.4 is 10.5 Å². The van der Waals surface area contributed by atoms with Crippen LogP contribution in [0.1, 0.15) is 12.7 Å². The van der Waals surface area contributed by atoms with Crippen LogP contribution in [0.25, 0.3) is 0 Å². The van der Waals surface area contributed by atoms with Crippen LogP contribution in [0.15, 0.2) is 35.5 Å². The molecule has 4 nitrogen and oxygen atoms in total. The Morgan fingerprint density at radius 2 is 2.26 bits per heavy atom. The van der Waals surface area contributed by atoms with E-state index in [2.05, 4.69) is 4.98 Å². The summed E-state index contributed by atoms with van der Waals surface area (Å²) in [7, 11) is 2.01. The van der Waals surface area contributed by atoms with E-state index in [1.807, 2.05) is 49.1 Å². The second-order valence-electron chi connectivity index (χ2n) is 4.19. The van der Waals surface area contributed by atoms with Gasteiger partial charge in [0.15, 0.2) is 0 Å². The van der Waals surface area contributed by atoms with Crippen LogP contribution in [0.5, 0.6) is 5.75 Å². The molecule has 1 aromatic carbocycles. The second-order valence-corrected chi connectivity index (χ2v) is 5.32. The topological polar surface area (TPSA) is 53.1 Å². The maximum Gasteiger partial charge on any atom is 0.120 e. The Bertz CT molecular complexity index is 539. The lowest BCUT2D eigenvalue weighted by Gasteiger charge is -2.09. The molecule has 0 aliphatic rings. The molecule has 5 heteroatoms. The van der Waals surface area contributed by atoms with Gasteiger partial charge in [-0.05, 0) is 25.1 Å². The lowest BCUT2D eigenvalue weighted by molar-refractivity contribution is 0.339. The predicted molar refractivity (Wildman–Crippen MR) is 79.7 cm³/mol. The van der Waals surface area contributed by atoms with Gasteiger partial charge in [-0.25, -0.2) is 4.98 Å². The normalized spacial score (nSPS) is 10.6. The maximum atomic E-state index is 5.98. The number of hydrogen-bond acceptors (Lipinski definition) is 4. The fourth-order valence-electron chi connectivity index (χ4n) is 1.79. The number of aryl methyl sites for hydroxylation is 2. The Morgan fingerprint density at radius 1 is 1.42 bits per heavy atom. The number of ether oxygens (including phenoxy) is 1. The zero-order chi connectivity index (χ0) is 13.7. The number of nitrogens with zero attached hydrogens (tertiary/aromatic N) is 2. The van der Waals surface area contributed by atoms with Crippen LogP contribution in [0.3, 0.4) is 0 Å². The molecule has 1 aromatic heterocycles. The van der Waals surface area contributed by atoms with Crippen LogP contribution in [0, 0.1) is 0 Å². The number of aromatic nitrogens is 2. The van der Waals surface area contributed by atoms with Gasteiger partial charge in [0.1, 0.15) is 11.6 Å².